The Morgan fingerprint density at radius 1 is 1.32 bits per heavy atom. The van der Waals surface area contributed by atoms with E-state index in [0.717, 1.165) is 0 Å². The Balaban J connectivity index is 2.96. The zero-order valence-corrected chi connectivity index (χ0v) is 14.5. The second-order valence-electron chi connectivity index (χ2n) is 6.18. The van der Waals surface area contributed by atoms with Crippen LogP contribution < -0.4 is 5.32 Å². The van der Waals surface area contributed by atoms with Crippen LogP contribution in [-0.4, -0.2) is 28.3 Å². The maximum absolute atomic E-state index is 13.9. The molecule has 0 spiro atoms. The van der Waals surface area contributed by atoms with Gasteiger partial charge in [0.15, 0.2) is 0 Å². The molecule has 2 N–H and O–H groups in total. The van der Waals surface area contributed by atoms with Crippen LogP contribution in [0.15, 0.2) is 22.7 Å². The number of carbonyl (C=O) groups is 2. The molecule has 0 fully saturated rings. The number of benzene rings is 1. The molecular formula is C15H19BrFNO4. The molecule has 1 atom stereocenters. The molecule has 1 aromatic carbocycles. The van der Waals surface area contributed by atoms with Gasteiger partial charge < -0.3 is 15.2 Å². The normalized spacial score (nSPS) is 14.1. The molecule has 0 aliphatic heterocycles. The number of ether oxygens (including phenoxy) is 1. The summed E-state index contributed by atoms with van der Waals surface area (Å²) in [6, 6.07) is 4.32. The number of nitrogens with one attached hydrogen (secondary N) is 1. The zero-order chi connectivity index (χ0) is 17.1. The van der Waals surface area contributed by atoms with Gasteiger partial charge in [0.2, 0.25) is 0 Å². The van der Waals surface area contributed by atoms with Crippen LogP contribution in [0.5, 0.6) is 0 Å². The number of aliphatic carboxylic acids is 1. The Bertz CT molecular complexity index is 585. The van der Waals surface area contributed by atoms with E-state index >= 15 is 0 Å². The molecule has 22 heavy (non-hydrogen) atoms. The molecule has 5 nitrogen and oxygen atoms in total. The minimum Gasteiger partial charge on any atom is -0.480 e. The van der Waals surface area contributed by atoms with Crippen molar-refractivity contribution in [2.45, 2.75) is 45.3 Å². The SMILES string of the molecule is CC(C)(C)OC(=O)NC(C)(Cc1ccc(Br)cc1F)C(=O)O. The highest BCUT2D eigenvalue weighted by molar-refractivity contribution is 9.10. The van der Waals surface area contributed by atoms with Crippen LogP contribution >= 0.6 is 15.9 Å². The highest BCUT2D eigenvalue weighted by Gasteiger charge is 2.37. The predicted molar refractivity (Wildman–Crippen MR) is 83.2 cm³/mol. The average molecular weight is 376 g/mol. The van der Waals surface area contributed by atoms with Gasteiger partial charge in [0.1, 0.15) is 17.0 Å². The van der Waals surface area contributed by atoms with Crippen molar-refractivity contribution in [1.82, 2.24) is 5.32 Å². The molecule has 1 amide bonds. The first-order valence-corrected chi connectivity index (χ1v) is 7.41. The number of amides is 1. The summed E-state index contributed by atoms with van der Waals surface area (Å²) in [6.45, 7) is 6.30. The standard InChI is InChI=1S/C15H19BrFNO4/c1-14(2,3)22-13(21)18-15(4,12(19)20)8-9-5-6-10(16)7-11(9)17/h5-7H,8H2,1-4H3,(H,18,21)(H,19,20). The molecule has 122 valence electrons. The lowest BCUT2D eigenvalue weighted by Gasteiger charge is -2.28. The summed E-state index contributed by atoms with van der Waals surface area (Å²) in [5.74, 6) is -1.83. The third-order valence-electron chi connectivity index (χ3n) is 2.81. The van der Waals surface area contributed by atoms with Crippen molar-refractivity contribution in [3.8, 4) is 0 Å². The van der Waals surface area contributed by atoms with Gasteiger partial charge in [-0.2, -0.15) is 0 Å². The topological polar surface area (TPSA) is 75.6 Å². The van der Waals surface area contributed by atoms with E-state index in [0.29, 0.717) is 4.47 Å². The van der Waals surface area contributed by atoms with Crippen molar-refractivity contribution in [2.75, 3.05) is 0 Å². The molecule has 0 aliphatic rings. The number of hydrogen-bond donors (Lipinski definition) is 2. The number of carbonyl (C=O) groups excluding carboxylic acids is 1. The minimum atomic E-state index is -1.68. The van der Waals surface area contributed by atoms with Crippen LogP contribution in [0.1, 0.15) is 33.3 Å². The summed E-state index contributed by atoms with van der Waals surface area (Å²) in [5.41, 5.74) is -2.26. The third kappa shape index (κ3) is 5.29. The van der Waals surface area contributed by atoms with Crippen molar-refractivity contribution >= 4 is 28.0 Å². The monoisotopic (exact) mass is 375 g/mol. The minimum absolute atomic E-state index is 0.184. The van der Waals surface area contributed by atoms with Crippen LogP contribution in [0.3, 0.4) is 0 Å². The number of alkyl carbamates (subject to hydrolysis) is 1. The molecule has 0 heterocycles. The molecule has 0 aliphatic carbocycles. The van der Waals surface area contributed by atoms with Crippen molar-refractivity contribution < 1.29 is 23.8 Å². The van der Waals surface area contributed by atoms with E-state index in [1.807, 2.05) is 0 Å². The number of carboxylic acids is 1. The summed E-state index contributed by atoms with van der Waals surface area (Å²) in [5, 5.41) is 11.7. The molecule has 0 bridgehead atoms. The fourth-order valence-electron chi connectivity index (χ4n) is 1.75. The molecular weight excluding hydrogens is 357 g/mol. The molecule has 0 radical (unpaired) electrons. The van der Waals surface area contributed by atoms with Crippen molar-refractivity contribution in [1.29, 1.82) is 0 Å². The van der Waals surface area contributed by atoms with E-state index in [-0.39, 0.29) is 12.0 Å². The number of rotatable bonds is 4. The summed E-state index contributed by atoms with van der Waals surface area (Å²) >= 11 is 3.13. The van der Waals surface area contributed by atoms with Gasteiger partial charge in [0.05, 0.1) is 0 Å². The second-order valence-corrected chi connectivity index (χ2v) is 7.09. The molecule has 1 rings (SSSR count). The van der Waals surface area contributed by atoms with Crippen LogP contribution in [0.4, 0.5) is 9.18 Å². The van der Waals surface area contributed by atoms with E-state index in [2.05, 4.69) is 21.2 Å². The zero-order valence-electron chi connectivity index (χ0n) is 12.9. The lowest BCUT2D eigenvalue weighted by molar-refractivity contribution is -0.144. The van der Waals surface area contributed by atoms with E-state index < -0.39 is 29.0 Å². The summed E-state index contributed by atoms with van der Waals surface area (Å²) in [4.78, 5) is 23.3. The molecule has 7 heteroatoms. The highest BCUT2D eigenvalue weighted by atomic mass is 79.9. The van der Waals surface area contributed by atoms with Crippen molar-refractivity contribution in [3.63, 3.8) is 0 Å². The third-order valence-corrected chi connectivity index (χ3v) is 3.30. The number of hydrogen-bond acceptors (Lipinski definition) is 3. The largest absolute Gasteiger partial charge is 0.480 e. The van der Waals surface area contributed by atoms with Gasteiger partial charge in [-0.15, -0.1) is 0 Å². The molecule has 1 aromatic rings. The van der Waals surface area contributed by atoms with Gasteiger partial charge in [0.25, 0.3) is 0 Å². The molecule has 0 aromatic heterocycles. The Hall–Kier alpha value is -1.63. The molecule has 0 saturated carbocycles. The van der Waals surface area contributed by atoms with Gasteiger partial charge in [-0.25, -0.2) is 14.0 Å². The van der Waals surface area contributed by atoms with E-state index in [4.69, 9.17) is 4.74 Å². The van der Waals surface area contributed by atoms with Gasteiger partial charge in [-0.05, 0) is 45.4 Å². The quantitative estimate of drug-likeness (QED) is 0.844. The Kier molecular flexibility index (Phi) is 5.56. The van der Waals surface area contributed by atoms with Gasteiger partial charge >= 0.3 is 12.1 Å². The summed E-state index contributed by atoms with van der Waals surface area (Å²) < 4.78 is 19.5. The van der Waals surface area contributed by atoms with Crippen LogP contribution in [-0.2, 0) is 16.0 Å². The fourth-order valence-corrected chi connectivity index (χ4v) is 2.08. The summed E-state index contributed by atoms with van der Waals surface area (Å²) in [6.07, 6.45) is -1.07. The van der Waals surface area contributed by atoms with Crippen LogP contribution in [0, 0.1) is 5.82 Å². The van der Waals surface area contributed by atoms with Gasteiger partial charge in [-0.3, -0.25) is 0 Å². The highest BCUT2D eigenvalue weighted by Crippen LogP contribution is 2.21. The first-order valence-electron chi connectivity index (χ1n) is 6.61. The fraction of sp³-hybridized carbons (Fsp3) is 0.467. The Labute approximate surface area is 137 Å². The summed E-state index contributed by atoms with van der Waals surface area (Å²) in [7, 11) is 0. The maximum Gasteiger partial charge on any atom is 0.408 e. The average Bonchev–Trinajstić information content (AvgIpc) is 2.30. The van der Waals surface area contributed by atoms with E-state index in [1.165, 1.54) is 19.1 Å². The van der Waals surface area contributed by atoms with E-state index in [1.54, 1.807) is 26.8 Å². The van der Waals surface area contributed by atoms with Gasteiger partial charge in [0, 0.05) is 10.9 Å². The molecule has 1 unspecified atom stereocenters. The predicted octanol–water partition coefficient (Wildman–Crippen LogP) is 3.50. The number of halogens is 2. The molecule has 0 saturated heterocycles. The first-order chi connectivity index (χ1) is 9.93. The van der Waals surface area contributed by atoms with Crippen molar-refractivity contribution in [3.05, 3.63) is 34.1 Å². The first kappa shape index (κ1) is 18.4. The van der Waals surface area contributed by atoms with Crippen LogP contribution in [0.2, 0.25) is 0 Å². The van der Waals surface area contributed by atoms with E-state index in [9.17, 15) is 19.1 Å². The lowest BCUT2D eigenvalue weighted by Crippen LogP contribution is -2.55. The second kappa shape index (κ2) is 6.64. The lowest BCUT2D eigenvalue weighted by atomic mass is 9.92. The van der Waals surface area contributed by atoms with Crippen molar-refractivity contribution in [2.24, 2.45) is 0 Å². The smallest absolute Gasteiger partial charge is 0.408 e. The van der Waals surface area contributed by atoms with Gasteiger partial charge in [-0.1, -0.05) is 22.0 Å². The van der Waals surface area contributed by atoms with Crippen LogP contribution in [0.25, 0.3) is 0 Å². The maximum atomic E-state index is 13.9. The Morgan fingerprint density at radius 2 is 1.91 bits per heavy atom. The Morgan fingerprint density at radius 3 is 2.36 bits per heavy atom. The number of carboxylic acid groups (broad SMARTS) is 1.